The summed E-state index contributed by atoms with van der Waals surface area (Å²) in [5.41, 5.74) is 1.42. The molecule has 0 saturated carbocycles. The highest BCUT2D eigenvalue weighted by Crippen LogP contribution is 2.22. The zero-order chi connectivity index (χ0) is 14.8. The minimum absolute atomic E-state index is 0.373. The van der Waals surface area contributed by atoms with Crippen molar-refractivity contribution in [3.8, 4) is 0 Å². The largest absolute Gasteiger partial charge is 0.280 e. The Balaban J connectivity index is 2.35. The summed E-state index contributed by atoms with van der Waals surface area (Å²) in [5.74, 6) is -0.793. The maximum Gasteiger partial charge on any atom is 0.264 e. The van der Waals surface area contributed by atoms with Crippen molar-refractivity contribution in [1.82, 2.24) is 0 Å². The van der Waals surface area contributed by atoms with E-state index in [4.69, 9.17) is 0 Å². The first kappa shape index (κ1) is 15.0. The number of hydrogen-bond donors (Lipinski definition) is 1. The van der Waals surface area contributed by atoms with E-state index in [9.17, 15) is 12.8 Å². The molecule has 0 heterocycles. The molecule has 0 aliphatic heterocycles. The smallest absolute Gasteiger partial charge is 0.264 e. The lowest BCUT2D eigenvalue weighted by molar-refractivity contribution is 0.570. The van der Waals surface area contributed by atoms with E-state index in [1.807, 2.05) is 13.0 Å². The van der Waals surface area contributed by atoms with Crippen LogP contribution in [0.1, 0.15) is 12.5 Å². The lowest BCUT2D eigenvalue weighted by atomic mass is 10.1. The Bertz CT molecular complexity index is 732. The van der Waals surface area contributed by atoms with Crippen molar-refractivity contribution < 1.29 is 12.8 Å². The van der Waals surface area contributed by atoms with Crippen LogP contribution in [-0.2, 0) is 16.4 Å². The molecule has 0 aromatic heterocycles. The summed E-state index contributed by atoms with van der Waals surface area (Å²) in [6.45, 7) is 1.97. The summed E-state index contributed by atoms with van der Waals surface area (Å²) < 4.78 is 41.0. The molecule has 0 radical (unpaired) electrons. The molecule has 1 N–H and O–H groups in total. The summed E-state index contributed by atoms with van der Waals surface area (Å²) in [7, 11) is -3.93. The molecule has 2 aromatic carbocycles. The molecule has 6 heteroatoms. The molecule has 0 spiro atoms. The van der Waals surface area contributed by atoms with Crippen LogP contribution in [0, 0.1) is 5.82 Å². The van der Waals surface area contributed by atoms with Gasteiger partial charge in [0.25, 0.3) is 10.0 Å². The fourth-order valence-corrected chi connectivity index (χ4v) is 3.20. The van der Waals surface area contributed by atoms with Crippen LogP contribution >= 0.6 is 15.9 Å². The van der Waals surface area contributed by atoms with E-state index < -0.39 is 15.8 Å². The van der Waals surface area contributed by atoms with Gasteiger partial charge in [-0.25, -0.2) is 12.8 Å². The number of benzene rings is 2. The Morgan fingerprint density at radius 1 is 1.20 bits per heavy atom. The predicted octanol–water partition coefficient (Wildman–Crippen LogP) is 3.95. The summed E-state index contributed by atoms with van der Waals surface area (Å²) in [6, 6.07) is 10.9. The first-order chi connectivity index (χ1) is 9.42. The predicted molar refractivity (Wildman–Crippen MR) is 80.7 cm³/mol. The van der Waals surface area contributed by atoms with Gasteiger partial charge >= 0.3 is 0 Å². The summed E-state index contributed by atoms with van der Waals surface area (Å²) in [5, 5.41) is 0. The maximum absolute atomic E-state index is 13.7. The number of sulfonamides is 1. The third-order valence-corrected chi connectivity index (χ3v) is 4.68. The van der Waals surface area contributed by atoms with Gasteiger partial charge in [-0.05, 0) is 42.3 Å². The van der Waals surface area contributed by atoms with Crippen LogP contribution in [-0.4, -0.2) is 8.42 Å². The van der Waals surface area contributed by atoms with Gasteiger partial charge in [-0.1, -0.05) is 35.0 Å². The highest BCUT2D eigenvalue weighted by Gasteiger charge is 2.19. The van der Waals surface area contributed by atoms with Crippen molar-refractivity contribution in [3.63, 3.8) is 0 Å². The van der Waals surface area contributed by atoms with Crippen LogP contribution in [0.3, 0.4) is 0 Å². The maximum atomic E-state index is 13.7. The number of halogens is 2. The van der Waals surface area contributed by atoms with Crippen LogP contribution in [0.2, 0.25) is 0 Å². The molecular formula is C14H13BrFNO2S. The van der Waals surface area contributed by atoms with Crippen LogP contribution in [0.15, 0.2) is 51.8 Å². The number of aryl methyl sites for hydroxylation is 1. The van der Waals surface area contributed by atoms with Gasteiger partial charge in [-0.2, -0.15) is 0 Å². The van der Waals surface area contributed by atoms with Gasteiger partial charge in [0, 0.05) is 10.2 Å². The number of hydrogen-bond acceptors (Lipinski definition) is 2. The average molecular weight is 358 g/mol. The second-order valence-electron chi connectivity index (χ2n) is 4.23. The first-order valence-corrected chi connectivity index (χ1v) is 8.27. The zero-order valence-corrected chi connectivity index (χ0v) is 13.1. The van der Waals surface area contributed by atoms with Crippen molar-refractivity contribution >= 4 is 31.6 Å². The van der Waals surface area contributed by atoms with E-state index in [2.05, 4.69) is 20.7 Å². The summed E-state index contributed by atoms with van der Waals surface area (Å²) >= 11 is 3.09. The SMILES string of the molecule is CCc1cccc(NS(=O)(=O)c2ccc(Br)cc2F)c1. The van der Waals surface area contributed by atoms with Gasteiger partial charge in [0.1, 0.15) is 10.7 Å². The Morgan fingerprint density at radius 3 is 2.60 bits per heavy atom. The summed E-state index contributed by atoms with van der Waals surface area (Å²) in [4.78, 5) is -0.373. The second kappa shape index (κ2) is 5.93. The summed E-state index contributed by atoms with van der Waals surface area (Å²) in [6.07, 6.45) is 0.794. The molecule has 3 nitrogen and oxygen atoms in total. The molecule has 0 bridgehead atoms. The van der Waals surface area contributed by atoms with Gasteiger partial charge in [-0.15, -0.1) is 0 Å². The van der Waals surface area contributed by atoms with Crippen LogP contribution < -0.4 is 4.72 Å². The van der Waals surface area contributed by atoms with Gasteiger partial charge < -0.3 is 0 Å². The van der Waals surface area contributed by atoms with Crippen molar-refractivity contribution in [3.05, 3.63) is 58.3 Å². The molecule has 0 fully saturated rings. The third kappa shape index (κ3) is 3.37. The van der Waals surface area contributed by atoms with E-state index in [-0.39, 0.29) is 4.90 Å². The normalized spacial score (nSPS) is 11.3. The highest BCUT2D eigenvalue weighted by molar-refractivity contribution is 9.10. The highest BCUT2D eigenvalue weighted by atomic mass is 79.9. The zero-order valence-electron chi connectivity index (χ0n) is 10.7. The molecule has 0 saturated heterocycles. The fourth-order valence-electron chi connectivity index (χ4n) is 1.76. The lowest BCUT2D eigenvalue weighted by Crippen LogP contribution is -2.14. The van der Waals surface area contributed by atoms with Crippen LogP contribution in [0.4, 0.5) is 10.1 Å². The van der Waals surface area contributed by atoms with E-state index in [0.29, 0.717) is 10.2 Å². The van der Waals surface area contributed by atoms with E-state index in [0.717, 1.165) is 18.1 Å². The molecular weight excluding hydrogens is 345 g/mol. The van der Waals surface area contributed by atoms with E-state index in [1.165, 1.54) is 12.1 Å². The van der Waals surface area contributed by atoms with Crippen LogP contribution in [0.5, 0.6) is 0 Å². The third-order valence-electron chi connectivity index (χ3n) is 2.77. The Hall–Kier alpha value is -1.40. The molecule has 0 amide bonds. The van der Waals surface area contributed by atoms with Gasteiger partial charge in [-0.3, -0.25) is 4.72 Å². The van der Waals surface area contributed by atoms with Crippen molar-refractivity contribution in [2.45, 2.75) is 18.2 Å². The molecule has 0 unspecified atom stereocenters. The molecule has 2 aromatic rings. The Labute approximate surface area is 126 Å². The monoisotopic (exact) mass is 357 g/mol. The lowest BCUT2D eigenvalue weighted by Gasteiger charge is -2.10. The number of anilines is 1. The molecule has 0 aliphatic carbocycles. The molecule has 0 atom stereocenters. The minimum atomic E-state index is -3.93. The minimum Gasteiger partial charge on any atom is -0.280 e. The van der Waals surface area contributed by atoms with Crippen LogP contribution in [0.25, 0.3) is 0 Å². The topological polar surface area (TPSA) is 46.2 Å². The van der Waals surface area contributed by atoms with E-state index >= 15 is 0 Å². The quantitative estimate of drug-likeness (QED) is 0.900. The second-order valence-corrected chi connectivity index (χ2v) is 6.80. The van der Waals surface area contributed by atoms with Gasteiger partial charge in [0.05, 0.1) is 0 Å². The van der Waals surface area contributed by atoms with Crippen molar-refractivity contribution in [1.29, 1.82) is 0 Å². The van der Waals surface area contributed by atoms with Gasteiger partial charge in [0.15, 0.2) is 0 Å². The Kier molecular flexibility index (Phi) is 4.45. The number of rotatable bonds is 4. The standard InChI is InChI=1S/C14H13BrFNO2S/c1-2-10-4-3-5-12(8-10)17-20(18,19)14-7-6-11(15)9-13(14)16/h3-9,17H,2H2,1H3. The molecule has 20 heavy (non-hydrogen) atoms. The molecule has 106 valence electrons. The Morgan fingerprint density at radius 2 is 1.95 bits per heavy atom. The van der Waals surface area contributed by atoms with Gasteiger partial charge in [0.2, 0.25) is 0 Å². The number of nitrogens with one attached hydrogen (secondary N) is 1. The van der Waals surface area contributed by atoms with Crippen molar-refractivity contribution in [2.75, 3.05) is 4.72 Å². The average Bonchev–Trinajstić information content (AvgIpc) is 2.37. The van der Waals surface area contributed by atoms with Crippen molar-refractivity contribution in [2.24, 2.45) is 0 Å². The molecule has 2 rings (SSSR count). The molecule has 0 aliphatic rings. The van der Waals surface area contributed by atoms with E-state index in [1.54, 1.807) is 18.2 Å². The fraction of sp³-hybridized carbons (Fsp3) is 0.143. The first-order valence-electron chi connectivity index (χ1n) is 5.99.